The first-order chi connectivity index (χ1) is 12.8. The summed E-state index contributed by atoms with van der Waals surface area (Å²) in [7, 11) is 0. The lowest BCUT2D eigenvalue weighted by Gasteiger charge is -2.41. The van der Waals surface area contributed by atoms with Crippen molar-refractivity contribution in [2.45, 2.75) is 51.0 Å². The molecule has 2 fully saturated rings. The van der Waals surface area contributed by atoms with E-state index < -0.39 is 11.4 Å². The van der Waals surface area contributed by atoms with E-state index in [1.807, 2.05) is 11.8 Å². The van der Waals surface area contributed by atoms with Crippen molar-refractivity contribution in [3.05, 3.63) is 29.0 Å². The van der Waals surface area contributed by atoms with Crippen LogP contribution in [0.5, 0.6) is 0 Å². The monoisotopic (exact) mass is 431 g/mol. The van der Waals surface area contributed by atoms with E-state index in [1.54, 1.807) is 0 Å². The van der Waals surface area contributed by atoms with Gasteiger partial charge in [-0.2, -0.15) is 0 Å². The van der Waals surface area contributed by atoms with Crippen molar-refractivity contribution >= 4 is 41.5 Å². The van der Waals surface area contributed by atoms with E-state index in [9.17, 15) is 14.0 Å². The number of amides is 2. The third-order valence-electron chi connectivity index (χ3n) is 5.92. The van der Waals surface area contributed by atoms with Gasteiger partial charge in [-0.25, -0.2) is 4.39 Å². The molecule has 8 heteroatoms. The van der Waals surface area contributed by atoms with Gasteiger partial charge < -0.3 is 16.0 Å². The summed E-state index contributed by atoms with van der Waals surface area (Å²) in [5.74, 6) is -0.808. The number of nitrogens with one attached hydrogen (secondary N) is 1. The standard InChI is InChI=1S/C20H27ClFN3O2.ClH/c1-20(23)9-3-2-4-15(20)19(27)25-10-7-13(8-11-25)18(26)24-14-5-6-17(22)16(21)12-14;/h5-6,12-13,15H,2-4,7-11,23H2,1H3,(H,24,26);1H. The number of piperidine rings is 1. The van der Waals surface area contributed by atoms with Gasteiger partial charge in [-0.15, -0.1) is 12.4 Å². The topological polar surface area (TPSA) is 75.4 Å². The normalized spacial score (nSPS) is 25.7. The largest absolute Gasteiger partial charge is 0.342 e. The molecule has 0 bridgehead atoms. The zero-order valence-electron chi connectivity index (χ0n) is 16.0. The van der Waals surface area contributed by atoms with Crippen LogP contribution in [0.15, 0.2) is 18.2 Å². The maximum absolute atomic E-state index is 13.2. The van der Waals surface area contributed by atoms with Gasteiger partial charge in [-0.3, -0.25) is 9.59 Å². The average Bonchev–Trinajstić information content (AvgIpc) is 2.64. The number of anilines is 1. The minimum absolute atomic E-state index is 0. The summed E-state index contributed by atoms with van der Waals surface area (Å²) in [4.78, 5) is 27.2. The van der Waals surface area contributed by atoms with E-state index in [2.05, 4.69) is 5.32 Å². The SMILES string of the molecule is CC1(N)CCCCC1C(=O)N1CCC(C(=O)Nc2ccc(F)c(Cl)c2)CC1.Cl. The molecule has 2 unspecified atom stereocenters. The first kappa shape index (κ1) is 22.9. The van der Waals surface area contributed by atoms with Crippen LogP contribution in [0.1, 0.15) is 45.4 Å². The van der Waals surface area contributed by atoms with Crippen LogP contribution in [0.3, 0.4) is 0 Å². The summed E-state index contributed by atoms with van der Waals surface area (Å²) < 4.78 is 13.2. The molecule has 1 saturated heterocycles. The van der Waals surface area contributed by atoms with Gasteiger partial charge >= 0.3 is 0 Å². The van der Waals surface area contributed by atoms with E-state index in [0.29, 0.717) is 31.6 Å². The maximum Gasteiger partial charge on any atom is 0.227 e. The number of halogens is 3. The molecule has 156 valence electrons. The number of likely N-dealkylation sites (tertiary alicyclic amines) is 1. The van der Waals surface area contributed by atoms with Gasteiger partial charge in [-0.1, -0.05) is 24.4 Å². The lowest BCUT2D eigenvalue weighted by Crippen LogP contribution is -2.55. The number of nitrogens with two attached hydrogens (primary N) is 1. The smallest absolute Gasteiger partial charge is 0.227 e. The number of nitrogens with zero attached hydrogens (tertiary/aromatic N) is 1. The fraction of sp³-hybridized carbons (Fsp3) is 0.600. The third kappa shape index (κ3) is 5.16. The summed E-state index contributed by atoms with van der Waals surface area (Å²) in [5, 5.41) is 2.76. The number of benzene rings is 1. The molecule has 2 atom stereocenters. The van der Waals surface area contributed by atoms with Crippen molar-refractivity contribution in [1.82, 2.24) is 4.90 Å². The second-order valence-electron chi connectivity index (χ2n) is 8.02. The minimum atomic E-state index is -0.517. The molecule has 3 N–H and O–H groups in total. The Bertz CT molecular complexity index is 721. The molecule has 0 spiro atoms. The van der Waals surface area contributed by atoms with E-state index in [4.69, 9.17) is 17.3 Å². The molecule has 1 saturated carbocycles. The number of carbonyl (C=O) groups excluding carboxylic acids is 2. The van der Waals surface area contributed by atoms with Crippen molar-refractivity contribution in [2.24, 2.45) is 17.6 Å². The van der Waals surface area contributed by atoms with Crippen molar-refractivity contribution in [3.8, 4) is 0 Å². The quantitative estimate of drug-likeness (QED) is 0.759. The highest BCUT2D eigenvalue weighted by Crippen LogP contribution is 2.34. The van der Waals surface area contributed by atoms with Gasteiger partial charge in [0.25, 0.3) is 0 Å². The highest BCUT2D eigenvalue weighted by Gasteiger charge is 2.40. The molecular formula is C20H28Cl2FN3O2. The first-order valence-electron chi connectivity index (χ1n) is 9.61. The van der Waals surface area contributed by atoms with Gasteiger partial charge in [0.05, 0.1) is 10.9 Å². The molecule has 1 aliphatic carbocycles. The summed E-state index contributed by atoms with van der Waals surface area (Å²) in [6, 6.07) is 4.12. The minimum Gasteiger partial charge on any atom is -0.342 e. The Kier molecular flexibility index (Phi) is 7.71. The van der Waals surface area contributed by atoms with E-state index in [1.165, 1.54) is 18.2 Å². The third-order valence-corrected chi connectivity index (χ3v) is 6.21. The Morgan fingerprint density at radius 3 is 2.54 bits per heavy atom. The Balaban J connectivity index is 0.00000280. The summed E-state index contributed by atoms with van der Waals surface area (Å²) >= 11 is 5.75. The van der Waals surface area contributed by atoms with Crippen LogP contribution in [0, 0.1) is 17.7 Å². The summed E-state index contributed by atoms with van der Waals surface area (Å²) in [6.45, 7) is 3.10. The van der Waals surface area contributed by atoms with Gasteiger partial charge in [0.2, 0.25) is 11.8 Å². The molecule has 5 nitrogen and oxygen atoms in total. The fourth-order valence-corrected chi connectivity index (χ4v) is 4.35. The van der Waals surface area contributed by atoms with Crippen LogP contribution < -0.4 is 11.1 Å². The first-order valence-corrected chi connectivity index (χ1v) is 9.99. The van der Waals surface area contributed by atoms with Gasteiger partial charge in [-0.05, 0) is 50.8 Å². The Morgan fingerprint density at radius 1 is 1.25 bits per heavy atom. The fourth-order valence-electron chi connectivity index (χ4n) is 4.16. The van der Waals surface area contributed by atoms with Crippen LogP contribution in [0.4, 0.5) is 10.1 Å². The molecule has 1 heterocycles. The lowest BCUT2D eigenvalue weighted by atomic mass is 9.73. The van der Waals surface area contributed by atoms with Crippen LogP contribution in [-0.4, -0.2) is 35.3 Å². The van der Waals surface area contributed by atoms with Gasteiger partial charge in [0, 0.05) is 30.2 Å². The molecule has 2 amide bonds. The highest BCUT2D eigenvalue weighted by atomic mass is 35.5. The molecular weight excluding hydrogens is 404 g/mol. The molecule has 0 aromatic heterocycles. The molecule has 1 aromatic rings. The van der Waals surface area contributed by atoms with Crippen molar-refractivity contribution in [2.75, 3.05) is 18.4 Å². The molecule has 3 rings (SSSR count). The van der Waals surface area contributed by atoms with E-state index >= 15 is 0 Å². The predicted octanol–water partition coefficient (Wildman–Crippen LogP) is 3.99. The van der Waals surface area contributed by atoms with E-state index in [-0.39, 0.29) is 41.1 Å². The number of hydrogen-bond donors (Lipinski definition) is 2. The molecule has 1 aromatic carbocycles. The van der Waals surface area contributed by atoms with Crippen LogP contribution in [0.25, 0.3) is 0 Å². The average molecular weight is 432 g/mol. The van der Waals surface area contributed by atoms with Crippen LogP contribution >= 0.6 is 24.0 Å². The van der Waals surface area contributed by atoms with Crippen molar-refractivity contribution in [3.63, 3.8) is 0 Å². The molecule has 2 aliphatic rings. The van der Waals surface area contributed by atoms with Crippen molar-refractivity contribution < 1.29 is 14.0 Å². The van der Waals surface area contributed by atoms with E-state index in [0.717, 1.165) is 25.7 Å². The number of hydrogen-bond acceptors (Lipinski definition) is 3. The molecule has 0 radical (unpaired) electrons. The van der Waals surface area contributed by atoms with Crippen LogP contribution in [-0.2, 0) is 9.59 Å². The zero-order valence-corrected chi connectivity index (χ0v) is 17.6. The van der Waals surface area contributed by atoms with Gasteiger partial charge in [0.15, 0.2) is 0 Å². The second kappa shape index (κ2) is 9.42. The van der Waals surface area contributed by atoms with Crippen molar-refractivity contribution in [1.29, 1.82) is 0 Å². The lowest BCUT2D eigenvalue weighted by molar-refractivity contribution is -0.141. The maximum atomic E-state index is 13.2. The number of carbonyl (C=O) groups is 2. The Labute approximate surface area is 176 Å². The summed E-state index contributed by atoms with van der Waals surface area (Å²) in [5.41, 5.74) is 6.40. The Morgan fingerprint density at radius 2 is 1.93 bits per heavy atom. The number of rotatable bonds is 3. The highest BCUT2D eigenvalue weighted by molar-refractivity contribution is 6.31. The van der Waals surface area contributed by atoms with Crippen LogP contribution in [0.2, 0.25) is 5.02 Å². The second-order valence-corrected chi connectivity index (χ2v) is 8.43. The molecule has 28 heavy (non-hydrogen) atoms. The summed E-state index contributed by atoms with van der Waals surface area (Å²) in [6.07, 6.45) is 5.07. The van der Waals surface area contributed by atoms with Gasteiger partial charge in [0.1, 0.15) is 5.82 Å². The Hall–Kier alpha value is -1.37. The molecule has 1 aliphatic heterocycles. The predicted molar refractivity (Wildman–Crippen MR) is 111 cm³/mol. The zero-order chi connectivity index (χ0) is 19.6.